The Balaban J connectivity index is 2.85. The molecule has 24 heavy (non-hydrogen) atoms. The van der Waals surface area contributed by atoms with Crippen molar-refractivity contribution in [3.63, 3.8) is 0 Å². The first kappa shape index (κ1) is 18.9. The standard InChI is InChI=1S/C16H16O8/c1-4-15(19)21-7-8-22-16(20)13-9-12(23-10(2)17)5-6-14(13)24-11(3)18/h4-6,9H,1,7-8H2,2-3H3. The van der Waals surface area contributed by atoms with E-state index in [2.05, 4.69) is 11.3 Å². The number of rotatable bonds is 7. The summed E-state index contributed by atoms with van der Waals surface area (Å²) >= 11 is 0. The van der Waals surface area contributed by atoms with Gasteiger partial charge in [-0.25, -0.2) is 9.59 Å². The van der Waals surface area contributed by atoms with Crippen LogP contribution in [0.15, 0.2) is 30.9 Å². The van der Waals surface area contributed by atoms with Crippen LogP contribution in [-0.4, -0.2) is 37.1 Å². The molecule has 0 saturated heterocycles. The Morgan fingerprint density at radius 2 is 1.62 bits per heavy atom. The fraction of sp³-hybridized carbons (Fsp3) is 0.250. The average molecular weight is 336 g/mol. The van der Waals surface area contributed by atoms with Gasteiger partial charge in [0.1, 0.15) is 30.3 Å². The summed E-state index contributed by atoms with van der Waals surface area (Å²) in [5.74, 6) is -2.66. The Kier molecular flexibility index (Phi) is 7.15. The molecule has 1 rings (SSSR count). The number of benzene rings is 1. The van der Waals surface area contributed by atoms with Crippen molar-refractivity contribution >= 4 is 23.9 Å². The molecule has 0 aliphatic carbocycles. The lowest BCUT2D eigenvalue weighted by atomic mass is 10.2. The Morgan fingerprint density at radius 1 is 1.00 bits per heavy atom. The van der Waals surface area contributed by atoms with Crippen LogP contribution in [0.2, 0.25) is 0 Å². The van der Waals surface area contributed by atoms with E-state index in [0.29, 0.717) is 0 Å². The quantitative estimate of drug-likeness (QED) is 0.319. The van der Waals surface area contributed by atoms with Crippen molar-refractivity contribution in [1.29, 1.82) is 0 Å². The fourth-order valence-corrected chi connectivity index (χ4v) is 1.56. The maximum Gasteiger partial charge on any atom is 0.342 e. The van der Waals surface area contributed by atoms with E-state index in [1.165, 1.54) is 32.0 Å². The van der Waals surface area contributed by atoms with Crippen molar-refractivity contribution in [3.05, 3.63) is 36.4 Å². The first-order valence-electron chi connectivity index (χ1n) is 6.80. The van der Waals surface area contributed by atoms with Crippen LogP contribution in [0.3, 0.4) is 0 Å². The third kappa shape index (κ3) is 6.30. The molecular weight excluding hydrogens is 320 g/mol. The molecule has 128 valence electrons. The van der Waals surface area contributed by atoms with Gasteiger partial charge >= 0.3 is 23.9 Å². The summed E-state index contributed by atoms with van der Waals surface area (Å²) < 4.78 is 19.4. The zero-order valence-electron chi connectivity index (χ0n) is 13.2. The topological polar surface area (TPSA) is 105 Å². The number of carbonyl (C=O) groups excluding carboxylic acids is 4. The van der Waals surface area contributed by atoms with Crippen LogP contribution in [0.5, 0.6) is 11.5 Å². The summed E-state index contributed by atoms with van der Waals surface area (Å²) in [5.41, 5.74) is -0.112. The van der Waals surface area contributed by atoms with Gasteiger partial charge in [0.2, 0.25) is 0 Å². The summed E-state index contributed by atoms with van der Waals surface area (Å²) in [4.78, 5) is 45.0. The van der Waals surface area contributed by atoms with E-state index < -0.39 is 23.9 Å². The molecule has 0 fully saturated rings. The molecule has 0 aliphatic rings. The normalized spacial score (nSPS) is 9.58. The largest absolute Gasteiger partial charge is 0.459 e. The number of carbonyl (C=O) groups is 4. The molecule has 0 spiro atoms. The summed E-state index contributed by atoms with van der Waals surface area (Å²) in [7, 11) is 0. The molecule has 0 saturated carbocycles. The second-order valence-corrected chi connectivity index (χ2v) is 4.35. The molecule has 0 heterocycles. The molecule has 1 aromatic carbocycles. The highest BCUT2D eigenvalue weighted by atomic mass is 16.6. The van der Waals surface area contributed by atoms with Crippen LogP contribution >= 0.6 is 0 Å². The highest BCUT2D eigenvalue weighted by Crippen LogP contribution is 2.25. The Bertz CT molecular complexity index is 662. The minimum absolute atomic E-state index is 0.0495. The van der Waals surface area contributed by atoms with Gasteiger partial charge in [-0.15, -0.1) is 0 Å². The maximum atomic E-state index is 12.1. The first-order valence-corrected chi connectivity index (χ1v) is 6.80. The molecule has 0 radical (unpaired) electrons. The van der Waals surface area contributed by atoms with Crippen molar-refractivity contribution in [2.75, 3.05) is 13.2 Å². The number of ether oxygens (including phenoxy) is 4. The molecule has 0 atom stereocenters. The third-order valence-electron chi connectivity index (χ3n) is 2.41. The molecular formula is C16H16O8. The molecule has 8 nitrogen and oxygen atoms in total. The van der Waals surface area contributed by atoms with Crippen molar-refractivity contribution in [1.82, 2.24) is 0 Å². The fourth-order valence-electron chi connectivity index (χ4n) is 1.56. The van der Waals surface area contributed by atoms with E-state index in [-0.39, 0.29) is 30.3 Å². The van der Waals surface area contributed by atoms with Crippen LogP contribution < -0.4 is 9.47 Å². The smallest absolute Gasteiger partial charge is 0.342 e. The van der Waals surface area contributed by atoms with Gasteiger partial charge in [0, 0.05) is 19.9 Å². The van der Waals surface area contributed by atoms with Crippen molar-refractivity contribution in [2.45, 2.75) is 13.8 Å². The second kappa shape index (κ2) is 9.09. The highest BCUT2D eigenvalue weighted by molar-refractivity contribution is 5.94. The molecule has 0 aliphatic heterocycles. The van der Waals surface area contributed by atoms with Gasteiger partial charge in [0.15, 0.2) is 0 Å². The molecule has 1 aromatic rings. The summed E-state index contributed by atoms with van der Waals surface area (Å²) in [6, 6.07) is 3.87. The molecule has 0 unspecified atom stereocenters. The summed E-state index contributed by atoms with van der Waals surface area (Å²) in [6.07, 6.45) is 0.975. The zero-order valence-corrected chi connectivity index (χ0v) is 13.2. The first-order chi connectivity index (χ1) is 11.3. The molecule has 8 heteroatoms. The van der Waals surface area contributed by atoms with Gasteiger partial charge in [0.25, 0.3) is 0 Å². The Morgan fingerprint density at radius 3 is 2.21 bits per heavy atom. The minimum atomic E-state index is -0.838. The van der Waals surface area contributed by atoms with Crippen LogP contribution in [0.4, 0.5) is 0 Å². The molecule has 0 bridgehead atoms. The predicted octanol–water partition coefficient (Wildman–Crippen LogP) is 1.42. The number of hydrogen-bond donors (Lipinski definition) is 0. The monoisotopic (exact) mass is 336 g/mol. The summed E-state index contributed by atoms with van der Waals surface area (Å²) in [6.45, 7) is 5.22. The van der Waals surface area contributed by atoms with E-state index in [9.17, 15) is 19.2 Å². The third-order valence-corrected chi connectivity index (χ3v) is 2.41. The van der Waals surface area contributed by atoms with E-state index >= 15 is 0 Å². The lowest BCUT2D eigenvalue weighted by Gasteiger charge is -2.11. The number of esters is 4. The van der Waals surface area contributed by atoms with Gasteiger partial charge in [-0.3, -0.25) is 9.59 Å². The van der Waals surface area contributed by atoms with Crippen LogP contribution in [0, 0.1) is 0 Å². The predicted molar refractivity (Wildman–Crippen MR) is 80.5 cm³/mol. The van der Waals surface area contributed by atoms with E-state index in [1.807, 2.05) is 0 Å². The van der Waals surface area contributed by atoms with Crippen LogP contribution in [0.25, 0.3) is 0 Å². The van der Waals surface area contributed by atoms with E-state index in [4.69, 9.17) is 14.2 Å². The summed E-state index contributed by atoms with van der Waals surface area (Å²) in [5, 5.41) is 0. The lowest BCUT2D eigenvalue weighted by Crippen LogP contribution is -2.15. The van der Waals surface area contributed by atoms with Crippen LogP contribution in [-0.2, 0) is 23.9 Å². The lowest BCUT2D eigenvalue weighted by molar-refractivity contribution is -0.139. The van der Waals surface area contributed by atoms with Crippen molar-refractivity contribution in [3.8, 4) is 11.5 Å². The average Bonchev–Trinajstić information content (AvgIpc) is 2.51. The number of hydrogen-bond acceptors (Lipinski definition) is 8. The van der Waals surface area contributed by atoms with Gasteiger partial charge in [-0.1, -0.05) is 6.58 Å². The molecule has 0 N–H and O–H groups in total. The maximum absolute atomic E-state index is 12.1. The van der Waals surface area contributed by atoms with E-state index in [0.717, 1.165) is 6.08 Å². The Hall–Kier alpha value is -3.16. The molecule has 0 amide bonds. The van der Waals surface area contributed by atoms with Crippen molar-refractivity contribution in [2.24, 2.45) is 0 Å². The van der Waals surface area contributed by atoms with Gasteiger partial charge < -0.3 is 18.9 Å². The second-order valence-electron chi connectivity index (χ2n) is 4.35. The van der Waals surface area contributed by atoms with Gasteiger partial charge in [-0.2, -0.15) is 0 Å². The Labute approximate surface area is 137 Å². The van der Waals surface area contributed by atoms with Gasteiger partial charge in [-0.05, 0) is 18.2 Å². The van der Waals surface area contributed by atoms with Crippen molar-refractivity contribution < 1.29 is 38.1 Å². The van der Waals surface area contributed by atoms with E-state index in [1.54, 1.807) is 0 Å². The van der Waals surface area contributed by atoms with Gasteiger partial charge in [0.05, 0.1) is 0 Å². The SMILES string of the molecule is C=CC(=O)OCCOC(=O)c1cc(OC(C)=O)ccc1OC(C)=O. The van der Waals surface area contributed by atoms with Crippen LogP contribution in [0.1, 0.15) is 24.2 Å². The highest BCUT2D eigenvalue weighted by Gasteiger charge is 2.18. The zero-order chi connectivity index (χ0) is 18.1. The minimum Gasteiger partial charge on any atom is -0.459 e. The molecule has 0 aromatic heterocycles.